The summed E-state index contributed by atoms with van der Waals surface area (Å²) in [5, 5.41) is 15.9. The molecule has 6 rings (SSSR count). The molecule has 0 bridgehead atoms. The molecule has 3 saturated heterocycles. The predicted octanol–water partition coefficient (Wildman–Crippen LogP) is 0.671. The van der Waals surface area contributed by atoms with Gasteiger partial charge in [0.1, 0.15) is 29.7 Å². The molecule has 2 aromatic rings. The van der Waals surface area contributed by atoms with Crippen LogP contribution in [0.3, 0.4) is 0 Å². The molecule has 1 spiro atoms. The fourth-order valence-electron chi connectivity index (χ4n) is 4.99. The van der Waals surface area contributed by atoms with Crippen LogP contribution in [0.25, 0.3) is 5.52 Å². The first-order valence-corrected chi connectivity index (χ1v) is 9.99. The number of anilines is 1. The molecule has 1 saturated carbocycles. The Hall–Kier alpha value is -1.82. The third-order valence-electron chi connectivity index (χ3n) is 6.24. The number of nitrogens with zero attached hydrogens (tertiary/aromatic N) is 3. The molecule has 10 heteroatoms. The molecule has 3 unspecified atom stereocenters. The monoisotopic (exact) mass is 404 g/mol. The van der Waals surface area contributed by atoms with Crippen LogP contribution in [-0.4, -0.2) is 62.3 Å². The Morgan fingerprint density at radius 3 is 2.93 bits per heavy atom. The van der Waals surface area contributed by atoms with Crippen LogP contribution in [0, 0.1) is 0 Å². The lowest BCUT2D eigenvalue weighted by Crippen LogP contribution is -2.47. The van der Waals surface area contributed by atoms with E-state index in [0.29, 0.717) is 23.6 Å². The number of rotatable bonds is 3. The summed E-state index contributed by atoms with van der Waals surface area (Å²) in [6.07, 6.45) is 2.33. The van der Waals surface area contributed by atoms with E-state index < -0.39 is 29.4 Å². The number of nitrogens with two attached hydrogens (primary N) is 1. The molecule has 29 heavy (non-hydrogen) atoms. The van der Waals surface area contributed by atoms with Crippen LogP contribution in [0.2, 0.25) is 0 Å². The molecule has 10 nitrogen and oxygen atoms in total. The normalized spacial score (nSPS) is 42.7. The van der Waals surface area contributed by atoms with Crippen LogP contribution < -0.4 is 5.73 Å². The van der Waals surface area contributed by atoms with Gasteiger partial charge in [0, 0.05) is 6.61 Å². The van der Waals surface area contributed by atoms with Crippen molar-refractivity contribution in [3.05, 3.63) is 24.2 Å². The highest BCUT2D eigenvalue weighted by Gasteiger charge is 2.88. The van der Waals surface area contributed by atoms with E-state index in [1.165, 1.54) is 10.8 Å². The van der Waals surface area contributed by atoms with Gasteiger partial charge in [-0.3, -0.25) is 0 Å². The Kier molecular flexibility index (Phi) is 3.51. The Balaban J connectivity index is 1.36. The largest absolute Gasteiger partial charge is 0.382 e. The van der Waals surface area contributed by atoms with Gasteiger partial charge < -0.3 is 34.5 Å². The van der Waals surface area contributed by atoms with Crippen molar-refractivity contribution in [3.63, 3.8) is 0 Å². The first-order valence-electron chi connectivity index (χ1n) is 9.99. The van der Waals surface area contributed by atoms with Gasteiger partial charge in [-0.2, -0.15) is 5.10 Å². The van der Waals surface area contributed by atoms with E-state index in [1.54, 1.807) is 12.1 Å². The zero-order valence-electron chi connectivity index (χ0n) is 16.3. The minimum absolute atomic E-state index is 0.292. The maximum atomic E-state index is 11.6. The van der Waals surface area contributed by atoms with Gasteiger partial charge in [-0.1, -0.05) is 0 Å². The van der Waals surface area contributed by atoms with Crippen LogP contribution in [0.5, 0.6) is 0 Å². The Morgan fingerprint density at radius 1 is 1.28 bits per heavy atom. The Morgan fingerprint density at radius 2 is 2.14 bits per heavy atom. The molecule has 4 fully saturated rings. The Bertz CT molecular complexity index is 975. The molecule has 3 aliphatic heterocycles. The second-order valence-electron chi connectivity index (χ2n) is 8.60. The predicted molar refractivity (Wildman–Crippen MR) is 97.4 cm³/mol. The number of fused-ring (bicyclic) bond motifs is 1. The second kappa shape index (κ2) is 5.65. The number of aromatic nitrogens is 3. The van der Waals surface area contributed by atoms with E-state index in [0.717, 1.165) is 19.3 Å². The maximum Gasteiger partial charge on any atom is 0.240 e. The highest BCUT2D eigenvalue weighted by molar-refractivity contribution is 5.65. The molecule has 156 valence electrons. The van der Waals surface area contributed by atoms with Gasteiger partial charge in [0.05, 0.1) is 0 Å². The summed E-state index contributed by atoms with van der Waals surface area (Å²) in [4.78, 5) is 3.99. The van der Waals surface area contributed by atoms with Gasteiger partial charge in [-0.15, -0.1) is 0 Å². The standard InChI is InChI=1S/C19H24N4O6/c1-17(2)28-16-18(29-17)13(26-12-5-3-4-8-25-12)14(18)27-19(16,24)11-7-6-10-15(20)21-9-22-23(10)11/h6-7,9,12-14,16,24H,3-5,8H2,1-2H3,(H2,20,21,22)/t12?,13?,14-,16-,18-,19?/m1/s1. The zero-order chi connectivity index (χ0) is 20.0. The third-order valence-corrected chi connectivity index (χ3v) is 6.24. The van der Waals surface area contributed by atoms with Crippen molar-refractivity contribution < 1.29 is 28.8 Å². The highest BCUT2D eigenvalue weighted by Crippen LogP contribution is 2.66. The summed E-state index contributed by atoms with van der Waals surface area (Å²) < 4.78 is 31.9. The van der Waals surface area contributed by atoms with Crippen LogP contribution in [0.1, 0.15) is 38.8 Å². The van der Waals surface area contributed by atoms with Gasteiger partial charge >= 0.3 is 0 Å². The summed E-state index contributed by atoms with van der Waals surface area (Å²) in [6, 6.07) is 3.46. The van der Waals surface area contributed by atoms with Gasteiger partial charge in [-0.05, 0) is 45.2 Å². The number of nitrogen functional groups attached to an aromatic ring is 1. The molecule has 0 amide bonds. The summed E-state index contributed by atoms with van der Waals surface area (Å²) >= 11 is 0. The van der Waals surface area contributed by atoms with Crippen molar-refractivity contribution in [2.24, 2.45) is 0 Å². The smallest absolute Gasteiger partial charge is 0.240 e. The van der Waals surface area contributed by atoms with Crippen molar-refractivity contribution in [1.29, 1.82) is 0 Å². The van der Waals surface area contributed by atoms with Crippen molar-refractivity contribution in [2.75, 3.05) is 12.3 Å². The molecule has 4 aliphatic rings. The number of hydrogen-bond acceptors (Lipinski definition) is 9. The van der Waals surface area contributed by atoms with E-state index in [2.05, 4.69) is 10.1 Å². The topological polar surface area (TPSA) is 123 Å². The van der Waals surface area contributed by atoms with Crippen LogP contribution in [0.15, 0.2) is 18.5 Å². The van der Waals surface area contributed by atoms with Crippen molar-refractivity contribution in [3.8, 4) is 0 Å². The molecular weight excluding hydrogens is 380 g/mol. The van der Waals surface area contributed by atoms with Crippen LogP contribution in [-0.2, 0) is 29.5 Å². The van der Waals surface area contributed by atoms with Gasteiger partial charge in [0.25, 0.3) is 0 Å². The summed E-state index contributed by atoms with van der Waals surface area (Å²) in [7, 11) is 0. The second-order valence-corrected chi connectivity index (χ2v) is 8.60. The van der Waals surface area contributed by atoms with Crippen LogP contribution >= 0.6 is 0 Å². The number of aliphatic hydroxyl groups is 1. The van der Waals surface area contributed by atoms with Gasteiger partial charge in [0.15, 0.2) is 29.6 Å². The van der Waals surface area contributed by atoms with E-state index in [1.807, 2.05) is 13.8 Å². The quantitative estimate of drug-likeness (QED) is 0.760. The van der Waals surface area contributed by atoms with E-state index in [9.17, 15) is 5.11 Å². The minimum Gasteiger partial charge on any atom is -0.382 e. The van der Waals surface area contributed by atoms with Crippen molar-refractivity contribution >= 4 is 11.3 Å². The molecular formula is C19H24N4O6. The maximum absolute atomic E-state index is 11.6. The lowest BCUT2D eigenvalue weighted by atomic mass is 10.0. The van der Waals surface area contributed by atoms with E-state index in [-0.39, 0.29) is 12.4 Å². The average Bonchev–Trinajstić information content (AvgIpc) is 3.03. The SMILES string of the molecule is CC1(C)O[C@H]2C(O)(c3ccc4c(N)ncnn34)O[C@@H]3C(OC4CCCCO4)[C@@]32O1. The lowest BCUT2D eigenvalue weighted by molar-refractivity contribution is -0.285. The van der Waals surface area contributed by atoms with Crippen molar-refractivity contribution in [1.82, 2.24) is 14.6 Å². The molecule has 5 heterocycles. The molecule has 6 atom stereocenters. The lowest BCUT2D eigenvalue weighted by Gasteiger charge is -2.32. The van der Waals surface area contributed by atoms with Gasteiger partial charge in [-0.25, -0.2) is 9.50 Å². The summed E-state index contributed by atoms with van der Waals surface area (Å²) in [5.74, 6) is -2.35. The number of ether oxygens (including phenoxy) is 5. The zero-order valence-corrected chi connectivity index (χ0v) is 16.3. The van der Waals surface area contributed by atoms with Crippen LogP contribution in [0.4, 0.5) is 5.82 Å². The number of hydrogen-bond donors (Lipinski definition) is 2. The fraction of sp³-hybridized carbons (Fsp3) is 0.684. The highest BCUT2D eigenvalue weighted by atomic mass is 16.8. The molecule has 1 aliphatic carbocycles. The molecule has 0 radical (unpaired) electrons. The van der Waals surface area contributed by atoms with Crippen molar-refractivity contribution in [2.45, 2.75) is 74.9 Å². The first kappa shape index (κ1) is 18.0. The average molecular weight is 404 g/mol. The van der Waals surface area contributed by atoms with E-state index >= 15 is 0 Å². The Labute approximate surface area is 166 Å². The van der Waals surface area contributed by atoms with Gasteiger partial charge in [0.2, 0.25) is 5.79 Å². The summed E-state index contributed by atoms with van der Waals surface area (Å²) in [6.45, 7) is 4.32. The molecule has 3 N–H and O–H groups in total. The minimum atomic E-state index is -1.76. The molecule has 2 aromatic heterocycles. The first-order chi connectivity index (χ1) is 13.9. The molecule has 0 aromatic carbocycles. The van der Waals surface area contributed by atoms with E-state index in [4.69, 9.17) is 29.4 Å². The third kappa shape index (κ3) is 2.32. The summed E-state index contributed by atoms with van der Waals surface area (Å²) in [5.41, 5.74) is 6.03. The fourth-order valence-corrected chi connectivity index (χ4v) is 4.99.